The van der Waals surface area contributed by atoms with Crippen molar-refractivity contribution in [3.05, 3.63) is 64.3 Å². The summed E-state index contributed by atoms with van der Waals surface area (Å²) in [7, 11) is -3.70. The van der Waals surface area contributed by atoms with E-state index in [9.17, 15) is 22.0 Å². The lowest BCUT2D eigenvalue weighted by Gasteiger charge is -2.36. The van der Waals surface area contributed by atoms with E-state index in [0.29, 0.717) is 30.1 Å². The Morgan fingerprint density at radius 2 is 1.79 bits per heavy atom. The number of nitrogens with zero attached hydrogens (tertiary/aromatic N) is 4. The number of nitrogens with one attached hydrogen (secondary N) is 2. The van der Waals surface area contributed by atoms with Gasteiger partial charge in [-0.15, -0.1) is 0 Å². The molecule has 3 aromatic rings. The quantitative estimate of drug-likeness (QED) is 0.309. The van der Waals surface area contributed by atoms with Crippen molar-refractivity contribution in [2.24, 2.45) is 0 Å². The van der Waals surface area contributed by atoms with Crippen molar-refractivity contribution in [3.63, 3.8) is 0 Å². The summed E-state index contributed by atoms with van der Waals surface area (Å²) in [4.78, 5) is 23.9. The van der Waals surface area contributed by atoms with Gasteiger partial charge >= 0.3 is 0 Å². The topological polar surface area (TPSA) is 134 Å². The summed E-state index contributed by atoms with van der Waals surface area (Å²) in [5.41, 5.74) is 6.08. The number of aromatic nitrogens is 2. The maximum atomic E-state index is 14.1. The van der Waals surface area contributed by atoms with Crippen LogP contribution in [0.3, 0.4) is 0 Å². The van der Waals surface area contributed by atoms with E-state index in [2.05, 4.69) is 39.3 Å². The molecule has 0 bridgehead atoms. The fourth-order valence-electron chi connectivity index (χ4n) is 5.56. The van der Waals surface area contributed by atoms with Crippen LogP contribution in [-0.4, -0.2) is 84.2 Å². The molecule has 2 aliphatic heterocycles. The average molecular weight is 620 g/mol. The molecule has 2 fully saturated rings. The molecule has 0 amide bonds. The second kappa shape index (κ2) is 12.7. The molecule has 5 rings (SSSR count). The van der Waals surface area contributed by atoms with Crippen LogP contribution in [0.2, 0.25) is 0 Å². The smallest absolute Gasteiger partial charge is 0.244 e. The molecule has 0 spiro atoms. The number of carbonyl (C=O) groups excluding carboxylic acids is 1. The van der Waals surface area contributed by atoms with Gasteiger partial charge in [0.15, 0.2) is 5.13 Å². The third-order valence-corrected chi connectivity index (χ3v) is 10.5. The Labute approximate surface area is 248 Å². The first-order chi connectivity index (χ1) is 20.0. The number of hydrogen-bond acceptors (Lipinski definition) is 10. The van der Waals surface area contributed by atoms with Crippen LogP contribution in [-0.2, 0) is 16.4 Å². The lowest BCUT2D eigenvalue weighted by atomic mass is 10.1. The molecule has 10 nitrogen and oxygen atoms in total. The Bertz CT molecular complexity index is 1500. The van der Waals surface area contributed by atoms with Crippen molar-refractivity contribution in [1.29, 1.82) is 0 Å². The van der Waals surface area contributed by atoms with Gasteiger partial charge in [0.2, 0.25) is 15.8 Å². The Balaban J connectivity index is 1.15. The molecule has 1 aromatic carbocycles. The van der Waals surface area contributed by atoms with Crippen LogP contribution in [0.1, 0.15) is 47.6 Å². The van der Waals surface area contributed by atoms with Crippen LogP contribution in [0.5, 0.6) is 0 Å². The number of piperazine rings is 1. The van der Waals surface area contributed by atoms with E-state index in [1.165, 1.54) is 16.6 Å². The number of rotatable bonds is 9. The summed E-state index contributed by atoms with van der Waals surface area (Å²) in [6.45, 7) is 7.74. The monoisotopic (exact) mass is 619 g/mol. The van der Waals surface area contributed by atoms with E-state index < -0.39 is 33.0 Å². The number of benzene rings is 1. The first-order valence-electron chi connectivity index (χ1n) is 14.0. The number of ketones is 1. The van der Waals surface area contributed by atoms with Gasteiger partial charge in [0.25, 0.3) is 0 Å². The second-order valence-electron chi connectivity index (χ2n) is 10.9. The van der Waals surface area contributed by atoms with Crippen molar-refractivity contribution in [3.8, 4) is 0 Å². The molecule has 226 valence electrons. The molecule has 42 heavy (non-hydrogen) atoms. The largest absolute Gasteiger partial charge is 0.382 e. The number of nitrogen functional groups attached to an aromatic ring is 1. The van der Waals surface area contributed by atoms with Crippen molar-refractivity contribution < 1.29 is 22.0 Å². The number of halogens is 2. The maximum Gasteiger partial charge on any atom is 0.244 e. The number of hydrogen-bond donors (Lipinski definition) is 3. The molecule has 0 saturated carbocycles. The van der Waals surface area contributed by atoms with Crippen molar-refractivity contribution >= 4 is 38.1 Å². The highest BCUT2D eigenvalue weighted by Gasteiger charge is 2.31. The first-order valence-corrected chi connectivity index (χ1v) is 16.2. The minimum absolute atomic E-state index is 0.0606. The molecule has 2 atom stereocenters. The number of carbonyl (C=O) groups is 1. The fourth-order valence-corrected chi connectivity index (χ4v) is 7.88. The van der Waals surface area contributed by atoms with Gasteiger partial charge in [-0.2, -0.15) is 4.31 Å². The van der Waals surface area contributed by atoms with E-state index in [1.807, 2.05) is 0 Å². The van der Waals surface area contributed by atoms with E-state index in [1.54, 1.807) is 12.1 Å². The van der Waals surface area contributed by atoms with Crippen LogP contribution in [0.25, 0.3) is 0 Å². The van der Waals surface area contributed by atoms with Crippen molar-refractivity contribution in [1.82, 2.24) is 24.5 Å². The highest BCUT2D eigenvalue weighted by atomic mass is 32.2. The maximum absolute atomic E-state index is 14.1. The Morgan fingerprint density at radius 3 is 2.40 bits per heavy atom. The third kappa shape index (κ3) is 6.78. The van der Waals surface area contributed by atoms with Crippen LogP contribution in [0.15, 0.2) is 41.4 Å². The van der Waals surface area contributed by atoms with E-state index >= 15 is 0 Å². The molecule has 2 aromatic heterocycles. The Morgan fingerprint density at radius 1 is 1.12 bits per heavy atom. The lowest BCUT2D eigenvalue weighted by molar-refractivity contribution is 0.103. The van der Waals surface area contributed by atoms with Crippen LogP contribution in [0.4, 0.5) is 19.7 Å². The van der Waals surface area contributed by atoms with Gasteiger partial charge in [-0.1, -0.05) is 17.4 Å². The Kier molecular flexibility index (Phi) is 9.18. The summed E-state index contributed by atoms with van der Waals surface area (Å²) in [6.07, 6.45) is 3.18. The van der Waals surface area contributed by atoms with E-state index in [0.717, 1.165) is 55.2 Å². The molecule has 4 N–H and O–H groups in total. The highest BCUT2D eigenvalue weighted by molar-refractivity contribution is 7.89. The predicted molar refractivity (Wildman–Crippen MR) is 158 cm³/mol. The fraction of sp³-hybridized carbons (Fsp3) is 0.464. The molecule has 14 heteroatoms. The summed E-state index contributed by atoms with van der Waals surface area (Å²) in [5, 5.41) is 7.04. The second-order valence-corrected chi connectivity index (χ2v) is 13.9. The highest BCUT2D eigenvalue weighted by Crippen LogP contribution is 2.31. The van der Waals surface area contributed by atoms with Crippen molar-refractivity contribution in [2.45, 2.75) is 56.1 Å². The standard InChI is InChI=1S/C28H35F2N7O3S2/c1-17-15-36(16-18(2)33-17)11-8-19-6-7-21(14-32-19)42(39,40)37-12-9-20(10-13-37)34-28-35-27(31)26(41-28)25(38)24-22(29)4-3-5-23(24)30/h3-7,14,17-18,20,33H,8-13,15-16,31H2,1-2H3,(H,34,35)/t17-,18+. The van der Waals surface area contributed by atoms with Gasteiger partial charge in [-0.25, -0.2) is 22.2 Å². The number of nitrogens with two attached hydrogens (primary N) is 1. The number of sulfonamides is 1. The molecule has 4 heterocycles. The molecule has 0 unspecified atom stereocenters. The average Bonchev–Trinajstić information content (AvgIpc) is 3.31. The van der Waals surface area contributed by atoms with E-state index in [-0.39, 0.29) is 34.7 Å². The van der Waals surface area contributed by atoms with Gasteiger partial charge in [0.1, 0.15) is 27.2 Å². The van der Waals surface area contributed by atoms with Gasteiger partial charge in [-0.3, -0.25) is 14.7 Å². The zero-order chi connectivity index (χ0) is 30.0. The molecule has 2 saturated heterocycles. The van der Waals surface area contributed by atoms with Gasteiger partial charge < -0.3 is 16.4 Å². The zero-order valence-electron chi connectivity index (χ0n) is 23.5. The number of anilines is 2. The third-order valence-electron chi connectivity index (χ3n) is 7.58. The van der Waals surface area contributed by atoms with Crippen LogP contribution < -0.4 is 16.4 Å². The molecular formula is C28H35F2N7O3S2. The van der Waals surface area contributed by atoms with Gasteiger partial charge in [0.05, 0.1) is 5.56 Å². The summed E-state index contributed by atoms with van der Waals surface area (Å²) < 4.78 is 56.2. The molecule has 0 aliphatic carbocycles. The number of pyridine rings is 1. The van der Waals surface area contributed by atoms with Gasteiger partial charge in [-0.05, 0) is 51.0 Å². The van der Waals surface area contributed by atoms with E-state index in [4.69, 9.17) is 5.73 Å². The minimum atomic E-state index is -3.70. The normalized spacial score (nSPS) is 21.0. The molecular weight excluding hydrogens is 584 g/mol. The molecule has 0 radical (unpaired) electrons. The van der Waals surface area contributed by atoms with Crippen LogP contribution >= 0.6 is 11.3 Å². The number of thiazole rings is 1. The van der Waals surface area contributed by atoms with Gasteiger partial charge in [0, 0.05) is 69.2 Å². The summed E-state index contributed by atoms with van der Waals surface area (Å²) in [5.74, 6) is -2.94. The van der Waals surface area contributed by atoms with Crippen LogP contribution in [0, 0.1) is 11.6 Å². The first kappa shape index (κ1) is 30.4. The number of piperidine rings is 1. The minimum Gasteiger partial charge on any atom is -0.382 e. The van der Waals surface area contributed by atoms with Crippen molar-refractivity contribution in [2.75, 3.05) is 43.8 Å². The molecule has 2 aliphatic rings. The zero-order valence-corrected chi connectivity index (χ0v) is 25.1. The summed E-state index contributed by atoms with van der Waals surface area (Å²) in [6, 6.07) is 7.36. The summed E-state index contributed by atoms with van der Waals surface area (Å²) >= 11 is 0.915. The lowest BCUT2D eigenvalue weighted by Crippen LogP contribution is -2.54. The Hall–Kier alpha value is -3.04. The SMILES string of the molecule is C[C@@H]1CN(CCc2ccc(S(=O)(=O)N3CCC(Nc4nc(N)c(C(=O)c5c(F)cccc5F)s4)CC3)cn2)C[C@H](C)N1. The predicted octanol–water partition coefficient (Wildman–Crippen LogP) is 3.12.